The summed E-state index contributed by atoms with van der Waals surface area (Å²) in [4.78, 5) is 20.4. The minimum Gasteiger partial charge on any atom is -0.372 e. The Morgan fingerprint density at radius 3 is 2.72 bits per heavy atom. The molecule has 2 aliphatic rings. The van der Waals surface area contributed by atoms with E-state index in [-0.39, 0.29) is 12.0 Å². The largest absolute Gasteiger partial charge is 0.372 e. The summed E-state index contributed by atoms with van der Waals surface area (Å²) in [6, 6.07) is 12.0. The summed E-state index contributed by atoms with van der Waals surface area (Å²) in [5.74, 6) is 0.774. The second kappa shape index (κ2) is 9.34. The van der Waals surface area contributed by atoms with Crippen LogP contribution in [0.5, 0.6) is 0 Å². The van der Waals surface area contributed by atoms with Gasteiger partial charge in [0.2, 0.25) is 0 Å². The normalized spacial score (nSPS) is 19.4. The first-order chi connectivity index (χ1) is 15.6. The highest BCUT2D eigenvalue weighted by molar-refractivity contribution is 7.14. The summed E-state index contributed by atoms with van der Waals surface area (Å²) < 4.78 is 5.79. The molecule has 2 aromatic heterocycles. The van der Waals surface area contributed by atoms with E-state index in [2.05, 4.69) is 29.4 Å². The third-order valence-corrected chi connectivity index (χ3v) is 7.80. The first kappa shape index (κ1) is 21.6. The molecule has 6 heteroatoms. The molecule has 2 fully saturated rings. The SMILES string of the molecule is CC1CCN(C(=O)c2ccc(-c3cc(-c4ccnc(C5CCCO5)c4)cs3)c(Cl)c2)CC1. The minimum absolute atomic E-state index is 0.0793. The molecule has 0 bridgehead atoms. The van der Waals surface area contributed by atoms with Crippen molar-refractivity contribution < 1.29 is 9.53 Å². The zero-order valence-corrected chi connectivity index (χ0v) is 19.8. The average Bonchev–Trinajstić information content (AvgIpc) is 3.52. The van der Waals surface area contributed by atoms with E-state index >= 15 is 0 Å². The van der Waals surface area contributed by atoms with Crippen LogP contribution in [0.25, 0.3) is 21.6 Å². The van der Waals surface area contributed by atoms with Gasteiger partial charge in [0.25, 0.3) is 5.91 Å². The lowest BCUT2D eigenvalue weighted by atomic mass is 9.98. The molecule has 3 aromatic rings. The molecule has 4 nitrogen and oxygen atoms in total. The van der Waals surface area contributed by atoms with Crippen molar-refractivity contribution in [2.45, 2.75) is 38.7 Å². The van der Waals surface area contributed by atoms with Gasteiger partial charge in [0, 0.05) is 41.9 Å². The lowest BCUT2D eigenvalue weighted by molar-refractivity contribution is 0.0697. The molecular weight excluding hydrogens is 440 g/mol. The Morgan fingerprint density at radius 1 is 1.12 bits per heavy atom. The summed E-state index contributed by atoms with van der Waals surface area (Å²) in [5, 5.41) is 2.76. The highest BCUT2D eigenvalue weighted by Crippen LogP contribution is 2.38. The Kier molecular flexibility index (Phi) is 6.31. The predicted molar refractivity (Wildman–Crippen MR) is 130 cm³/mol. The number of pyridine rings is 1. The molecule has 1 unspecified atom stereocenters. The van der Waals surface area contributed by atoms with Gasteiger partial charge in [-0.1, -0.05) is 24.6 Å². The van der Waals surface area contributed by atoms with Crippen LogP contribution in [0.4, 0.5) is 0 Å². The summed E-state index contributed by atoms with van der Waals surface area (Å²) >= 11 is 8.31. The first-order valence-electron chi connectivity index (χ1n) is 11.3. The van der Waals surface area contributed by atoms with Crippen LogP contribution in [0.1, 0.15) is 54.8 Å². The smallest absolute Gasteiger partial charge is 0.253 e. The maximum Gasteiger partial charge on any atom is 0.253 e. The van der Waals surface area contributed by atoms with Crippen LogP contribution in [0, 0.1) is 5.92 Å². The fourth-order valence-corrected chi connectivity index (χ4v) is 5.78. The van der Waals surface area contributed by atoms with Crippen LogP contribution >= 0.6 is 22.9 Å². The third kappa shape index (κ3) is 4.47. The van der Waals surface area contributed by atoms with Gasteiger partial charge in [0.05, 0.1) is 16.8 Å². The first-order valence-corrected chi connectivity index (χ1v) is 12.6. The van der Waals surface area contributed by atoms with Crippen LogP contribution in [0.2, 0.25) is 5.02 Å². The molecule has 2 saturated heterocycles. The fourth-order valence-electron chi connectivity index (χ4n) is 4.49. The number of carbonyl (C=O) groups is 1. The van der Waals surface area contributed by atoms with Crippen LogP contribution in [0.15, 0.2) is 48.0 Å². The minimum atomic E-state index is 0.0793. The van der Waals surface area contributed by atoms with Gasteiger partial charge in [-0.05, 0) is 78.4 Å². The summed E-state index contributed by atoms with van der Waals surface area (Å²) in [6.45, 7) is 4.71. The maximum absolute atomic E-state index is 12.9. The molecule has 5 rings (SSSR count). The fraction of sp³-hybridized carbons (Fsp3) is 0.385. The molecule has 0 N–H and O–H groups in total. The van der Waals surface area contributed by atoms with Crippen molar-refractivity contribution in [3.8, 4) is 21.6 Å². The lowest BCUT2D eigenvalue weighted by Gasteiger charge is -2.30. The van der Waals surface area contributed by atoms with E-state index in [0.717, 1.165) is 72.6 Å². The number of hydrogen-bond donors (Lipinski definition) is 0. The van der Waals surface area contributed by atoms with Gasteiger partial charge in [0.15, 0.2) is 0 Å². The number of halogens is 1. The van der Waals surface area contributed by atoms with Gasteiger partial charge >= 0.3 is 0 Å². The van der Waals surface area contributed by atoms with Crippen molar-refractivity contribution in [1.29, 1.82) is 0 Å². The molecule has 1 aromatic carbocycles. The molecule has 1 atom stereocenters. The third-order valence-electron chi connectivity index (χ3n) is 6.53. The van der Waals surface area contributed by atoms with Gasteiger partial charge in [-0.15, -0.1) is 11.3 Å². The Labute approximate surface area is 198 Å². The van der Waals surface area contributed by atoms with E-state index in [1.165, 1.54) is 0 Å². The van der Waals surface area contributed by atoms with Crippen molar-refractivity contribution in [2.75, 3.05) is 19.7 Å². The van der Waals surface area contributed by atoms with Crippen molar-refractivity contribution in [1.82, 2.24) is 9.88 Å². The molecule has 0 aliphatic carbocycles. The second-order valence-corrected chi connectivity index (χ2v) is 10.2. The van der Waals surface area contributed by atoms with Crippen molar-refractivity contribution in [2.24, 2.45) is 5.92 Å². The van der Waals surface area contributed by atoms with E-state index in [1.54, 1.807) is 11.3 Å². The Morgan fingerprint density at radius 2 is 1.97 bits per heavy atom. The highest BCUT2D eigenvalue weighted by Gasteiger charge is 2.23. The second-order valence-electron chi connectivity index (χ2n) is 8.84. The average molecular weight is 467 g/mol. The number of likely N-dealkylation sites (tertiary alicyclic amines) is 1. The predicted octanol–water partition coefficient (Wildman–Crippen LogP) is 6.85. The van der Waals surface area contributed by atoms with Gasteiger partial charge < -0.3 is 9.64 Å². The molecule has 1 amide bonds. The number of piperidine rings is 1. The van der Waals surface area contributed by atoms with Crippen LogP contribution < -0.4 is 0 Å². The highest BCUT2D eigenvalue weighted by atomic mass is 35.5. The van der Waals surface area contributed by atoms with E-state index in [4.69, 9.17) is 16.3 Å². The van der Waals surface area contributed by atoms with Crippen molar-refractivity contribution in [3.63, 3.8) is 0 Å². The van der Waals surface area contributed by atoms with Gasteiger partial charge in [0.1, 0.15) is 0 Å². The van der Waals surface area contributed by atoms with E-state index < -0.39 is 0 Å². The van der Waals surface area contributed by atoms with E-state index in [9.17, 15) is 4.79 Å². The van der Waals surface area contributed by atoms with Crippen molar-refractivity contribution >= 4 is 28.8 Å². The quantitative estimate of drug-likeness (QED) is 0.422. The van der Waals surface area contributed by atoms with E-state index in [1.807, 2.05) is 35.4 Å². The zero-order valence-electron chi connectivity index (χ0n) is 18.2. The zero-order chi connectivity index (χ0) is 22.1. The van der Waals surface area contributed by atoms with E-state index in [0.29, 0.717) is 16.5 Å². The number of aromatic nitrogens is 1. The number of amides is 1. The van der Waals surface area contributed by atoms with Crippen LogP contribution in [-0.4, -0.2) is 35.5 Å². The summed E-state index contributed by atoms with van der Waals surface area (Å²) in [6.07, 6.45) is 6.22. The molecule has 166 valence electrons. The van der Waals surface area contributed by atoms with Crippen LogP contribution in [-0.2, 0) is 4.74 Å². The molecule has 0 saturated carbocycles. The lowest BCUT2D eigenvalue weighted by Crippen LogP contribution is -2.37. The Hall–Kier alpha value is -2.21. The van der Waals surface area contributed by atoms with Gasteiger partial charge in [-0.25, -0.2) is 0 Å². The molecular formula is C26H27ClN2O2S. The molecule has 32 heavy (non-hydrogen) atoms. The number of ether oxygens (including phenoxy) is 1. The molecule has 0 radical (unpaired) electrons. The number of benzene rings is 1. The van der Waals surface area contributed by atoms with Gasteiger partial charge in [-0.3, -0.25) is 9.78 Å². The Balaban J connectivity index is 1.35. The summed E-state index contributed by atoms with van der Waals surface area (Å²) in [7, 11) is 0. The number of hydrogen-bond acceptors (Lipinski definition) is 4. The van der Waals surface area contributed by atoms with Crippen molar-refractivity contribution in [3.05, 3.63) is 64.3 Å². The topological polar surface area (TPSA) is 42.4 Å². The number of carbonyl (C=O) groups excluding carboxylic acids is 1. The maximum atomic E-state index is 12.9. The monoisotopic (exact) mass is 466 g/mol. The molecule has 4 heterocycles. The molecule has 2 aliphatic heterocycles. The molecule has 0 spiro atoms. The number of thiophene rings is 1. The Bertz CT molecular complexity index is 1110. The standard InChI is InChI=1S/C26H27ClN2O2S/c1-17-7-10-29(11-8-17)26(30)19-4-5-21(22(27)13-19)25-15-20(16-32-25)18-6-9-28-23(14-18)24-3-2-12-31-24/h4-6,9,13-17,24H,2-3,7-8,10-12H2,1H3. The summed E-state index contributed by atoms with van der Waals surface area (Å²) in [5.41, 5.74) is 4.90. The van der Waals surface area contributed by atoms with Gasteiger partial charge in [-0.2, -0.15) is 0 Å². The van der Waals surface area contributed by atoms with Crippen LogP contribution in [0.3, 0.4) is 0 Å². The number of rotatable bonds is 4. The number of nitrogens with zero attached hydrogens (tertiary/aromatic N) is 2.